The van der Waals surface area contributed by atoms with Crippen LogP contribution in [0.3, 0.4) is 0 Å². The Labute approximate surface area is 291 Å². The van der Waals surface area contributed by atoms with Gasteiger partial charge < -0.3 is 11.1 Å². The van der Waals surface area contributed by atoms with E-state index >= 15 is 0 Å². The fourth-order valence-electron chi connectivity index (χ4n) is 4.10. The number of halogens is 1. The molecule has 0 aliphatic carbocycles. The van der Waals surface area contributed by atoms with Crippen LogP contribution in [0, 0.1) is 40.5 Å². The molecule has 0 spiro atoms. The monoisotopic (exact) mass is 710 g/mol. The van der Waals surface area contributed by atoms with E-state index in [1.54, 1.807) is 60.7 Å². The molecule has 256 valence electrons. The Hall–Kier alpha value is -7.47. The fourth-order valence-corrected chi connectivity index (χ4v) is 4.25. The lowest BCUT2D eigenvalue weighted by atomic mass is 10.1. The molecule has 4 aromatic carbocycles. The maximum atomic E-state index is 10.9. The molecule has 0 fully saturated rings. The van der Waals surface area contributed by atoms with E-state index in [1.165, 1.54) is 60.9 Å². The second-order valence-electron chi connectivity index (χ2n) is 9.88. The Morgan fingerprint density at radius 1 is 0.549 bits per heavy atom. The quantitative estimate of drug-likeness (QED) is 0.0667. The predicted octanol–water partition coefficient (Wildman–Crippen LogP) is 7.59. The van der Waals surface area contributed by atoms with E-state index in [-0.39, 0.29) is 34.0 Å². The zero-order valence-electron chi connectivity index (χ0n) is 25.8. The van der Waals surface area contributed by atoms with Crippen LogP contribution < -0.4 is 11.1 Å². The highest BCUT2D eigenvalue weighted by molar-refractivity contribution is 6.28. The van der Waals surface area contributed by atoms with Crippen LogP contribution in [0.5, 0.6) is 0 Å². The third-order valence-corrected chi connectivity index (χ3v) is 6.56. The van der Waals surface area contributed by atoms with Crippen LogP contribution in [-0.4, -0.2) is 39.6 Å². The van der Waals surface area contributed by atoms with Gasteiger partial charge in [-0.25, -0.2) is 19.9 Å². The first-order valence-corrected chi connectivity index (χ1v) is 14.6. The van der Waals surface area contributed by atoms with Gasteiger partial charge in [-0.2, -0.15) is 0 Å². The minimum Gasteiger partial charge on any atom is -0.399 e. The normalized spacial score (nSPS) is 9.98. The van der Waals surface area contributed by atoms with Crippen molar-refractivity contribution in [2.45, 2.75) is 0 Å². The largest absolute Gasteiger partial charge is 0.399 e. The second-order valence-corrected chi connectivity index (χ2v) is 10.2. The zero-order chi connectivity index (χ0) is 36.9. The lowest BCUT2D eigenvalue weighted by molar-refractivity contribution is -0.385. The highest BCUT2D eigenvalue weighted by atomic mass is 35.5. The molecule has 0 amide bonds. The minimum absolute atomic E-state index is 0.0206. The number of nitro benzene ring substituents is 4. The molecule has 3 N–H and O–H groups in total. The van der Waals surface area contributed by atoms with Crippen molar-refractivity contribution in [3.05, 3.63) is 167 Å². The molecule has 2 heterocycles. The van der Waals surface area contributed by atoms with Gasteiger partial charge in [0.25, 0.3) is 22.7 Å². The summed E-state index contributed by atoms with van der Waals surface area (Å²) in [6, 6.07) is 27.4. The molecule has 0 bridgehead atoms. The van der Waals surface area contributed by atoms with Gasteiger partial charge in [0.15, 0.2) is 0 Å². The first kappa shape index (κ1) is 36.4. The van der Waals surface area contributed by atoms with Gasteiger partial charge in [0.2, 0.25) is 11.2 Å². The van der Waals surface area contributed by atoms with Gasteiger partial charge in [-0.3, -0.25) is 40.5 Å². The van der Waals surface area contributed by atoms with Crippen LogP contribution in [0.2, 0.25) is 5.28 Å². The van der Waals surface area contributed by atoms with Gasteiger partial charge in [0.05, 0.1) is 31.1 Å². The van der Waals surface area contributed by atoms with Crippen molar-refractivity contribution in [2.24, 2.45) is 0 Å². The molecule has 0 aliphatic heterocycles. The molecule has 0 aliphatic rings. The number of nitrogens with zero attached hydrogens (tertiary/aromatic N) is 8. The van der Waals surface area contributed by atoms with Gasteiger partial charge >= 0.3 is 0 Å². The minimum atomic E-state index is -0.494. The van der Waals surface area contributed by atoms with Crippen LogP contribution in [0.1, 0.15) is 0 Å². The van der Waals surface area contributed by atoms with E-state index in [0.717, 1.165) is 0 Å². The molecule has 0 atom stereocenters. The Kier molecular flexibility index (Phi) is 12.2. The van der Waals surface area contributed by atoms with Crippen LogP contribution in [-0.2, 0) is 0 Å². The molecule has 6 rings (SSSR count). The Morgan fingerprint density at radius 3 is 1.49 bits per heavy atom. The summed E-state index contributed by atoms with van der Waals surface area (Å²) in [6.45, 7) is 0. The van der Waals surface area contributed by atoms with Crippen molar-refractivity contribution in [2.75, 3.05) is 11.1 Å². The third-order valence-electron chi connectivity index (χ3n) is 6.38. The highest BCUT2D eigenvalue weighted by Crippen LogP contribution is 2.25. The van der Waals surface area contributed by atoms with Crippen molar-refractivity contribution >= 4 is 51.7 Å². The summed E-state index contributed by atoms with van der Waals surface area (Å²) in [6.07, 6.45) is 3.00. The second kappa shape index (κ2) is 17.1. The van der Waals surface area contributed by atoms with Crippen LogP contribution >= 0.6 is 11.6 Å². The molecule has 0 saturated carbocycles. The number of nitrogen functional groups attached to an aromatic ring is 1. The Bertz CT molecular complexity index is 2220. The van der Waals surface area contributed by atoms with E-state index in [1.807, 2.05) is 0 Å². The molecule has 19 heteroatoms. The average molecular weight is 711 g/mol. The molecule has 0 saturated heterocycles. The smallest absolute Gasteiger partial charge is 0.271 e. The fraction of sp³-hybridized carbons (Fsp3) is 0. The van der Waals surface area contributed by atoms with Crippen molar-refractivity contribution in [1.29, 1.82) is 0 Å². The number of anilines is 3. The number of rotatable bonds is 8. The molecule has 6 aromatic rings. The molecule has 2 aromatic heterocycles. The summed E-state index contributed by atoms with van der Waals surface area (Å²) < 4.78 is 0. The molecule has 0 unspecified atom stereocenters. The molecule has 51 heavy (non-hydrogen) atoms. The summed E-state index contributed by atoms with van der Waals surface area (Å²) in [5.74, 6) is 0.226. The van der Waals surface area contributed by atoms with E-state index in [4.69, 9.17) is 17.3 Å². The van der Waals surface area contributed by atoms with Crippen LogP contribution in [0.15, 0.2) is 122 Å². The van der Waals surface area contributed by atoms with Crippen molar-refractivity contribution in [3.63, 3.8) is 0 Å². The topological polar surface area (TPSA) is 262 Å². The van der Waals surface area contributed by atoms with Crippen molar-refractivity contribution < 1.29 is 19.7 Å². The van der Waals surface area contributed by atoms with Crippen LogP contribution in [0.25, 0.3) is 22.5 Å². The lowest BCUT2D eigenvalue weighted by Gasteiger charge is -2.06. The number of nitrogens with two attached hydrogens (primary N) is 1. The summed E-state index contributed by atoms with van der Waals surface area (Å²) in [7, 11) is 0. The first-order valence-electron chi connectivity index (χ1n) is 14.2. The summed E-state index contributed by atoms with van der Waals surface area (Å²) in [5, 5.41) is 45.4. The average Bonchev–Trinajstić information content (AvgIpc) is 3.12. The molecule has 0 radical (unpaired) electrons. The van der Waals surface area contributed by atoms with E-state index in [0.29, 0.717) is 33.9 Å². The van der Waals surface area contributed by atoms with Crippen molar-refractivity contribution in [1.82, 2.24) is 19.9 Å². The Balaban J connectivity index is 0.000000191. The number of benzene rings is 4. The van der Waals surface area contributed by atoms with Gasteiger partial charge in [0.1, 0.15) is 0 Å². The van der Waals surface area contributed by atoms with Gasteiger partial charge in [-0.1, -0.05) is 36.4 Å². The van der Waals surface area contributed by atoms with E-state index in [2.05, 4.69) is 25.3 Å². The number of nitro groups is 4. The maximum Gasteiger partial charge on any atom is 0.271 e. The third kappa shape index (κ3) is 10.8. The van der Waals surface area contributed by atoms with Crippen LogP contribution in [0.4, 0.5) is 40.1 Å². The zero-order valence-corrected chi connectivity index (χ0v) is 26.6. The highest BCUT2D eigenvalue weighted by Gasteiger charge is 2.11. The SMILES string of the molecule is Nc1cccc([N+](=O)[O-])c1.O=[N+]([O-])c1cccc(-c2ccnc(Cl)n2)c1.O=[N+]([O-])c1cccc(Nc2nccc(-c3cccc([N+](=O)[O-])c3)n2)c1. The Morgan fingerprint density at radius 2 is 1.00 bits per heavy atom. The molecular weight excluding hydrogens is 688 g/mol. The number of aromatic nitrogens is 4. The summed E-state index contributed by atoms with van der Waals surface area (Å²) >= 11 is 5.64. The number of nitrogens with one attached hydrogen (secondary N) is 1. The summed E-state index contributed by atoms with van der Waals surface area (Å²) in [5.41, 5.74) is 8.38. The first-order chi connectivity index (χ1) is 24.4. The standard InChI is InChI=1S/C16H11N5O4.C10H6ClN3O2.C6H6N2O2/c22-20(23)13-5-1-3-11(9-13)15-7-8-17-16(19-15)18-12-4-2-6-14(10-12)21(24)25;11-10-12-5-4-9(13-10)7-2-1-3-8(6-7)14(15)16;7-5-2-1-3-6(4-5)8(9)10/h1-10H,(H,17,18,19);1-6H;1-4H,7H2. The van der Waals surface area contributed by atoms with E-state index < -0.39 is 19.7 Å². The van der Waals surface area contributed by atoms with Gasteiger partial charge in [0, 0.05) is 83.4 Å². The number of non-ortho nitro benzene ring substituents is 4. The number of hydrogen-bond donors (Lipinski definition) is 2. The molecule has 18 nitrogen and oxygen atoms in total. The summed E-state index contributed by atoms with van der Waals surface area (Å²) in [4.78, 5) is 56.6. The lowest BCUT2D eigenvalue weighted by Crippen LogP contribution is -1.99. The predicted molar refractivity (Wildman–Crippen MR) is 187 cm³/mol. The van der Waals surface area contributed by atoms with E-state index in [9.17, 15) is 40.5 Å². The maximum absolute atomic E-state index is 10.9. The molecular formula is C32H23ClN10O8. The van der Waals surface area contributed by atoms with Gasteiger partial charge in [-0.15, -0.1) is 0 Å². The number of hydrogen-bond acceptors (Lipinski definition) is 14. The van der Waals surface area contributed by atoms with Crippen molar-refractivity contribution in [3.8, 4) is 22.5 Å². The van der Waals surface area contributed by atoms with Gasteiger partial charge in [-0.05, 0) is 35.9 Å².